The standard InChI is InChI=1S/C18H12ClN3O6/c19-15-6-3-13(8-16(15)22(26)27)21-18(25)12(9-20)7-11-1-4-14(5-2-11)28-10-17(23)24/h1-8H,10H2,(H,21,25)(H,23,24)/b12-7+. The van der Waals surface area contributed by atoms with Gasteiger partial charge in [0.2, 0.25) is 0 Å². The number of hydrogen-bond acceptors (Lipinski definition) is 6. The van der Waals surface area contributed by atoms with Gasteiger partial charge in [-0.05, 0) is 35.9 Å². The predicted molar refractivity (Wildman–Crippen MR) is 99.9 cm³/mol. The molecule has 1 amide bonds. The van der Waals surface area contributed by atoms with Crippen molar-refractivity contribution in [1.82, 2.24) is 0 Å². The SMILES string of the molecule is N#C/C(=C\c1ccc(OCC(=O)O)cc1)C(=O)Nc1ccc(Cl)c([N+](=O)[O-])c1. The molecule has 10 heteroatoms. The molecular formula is C18H12ClN3O6. The minimum atomic E-state index is -1.12. The molecule has 0 radical (unpaired) electrons. The summed E-state index contributed by atoms with van der Waals surface area (Å²) in [5, 5.41) is 31.0. The molecule has 28 heavy (non-hydrogen) atoms. The van der Waals surface area contributed by atoms with E-state index >= 15 is 0 Å². The van der Waals surface area contributed by atoms with Crippen molar-refractivity contribution in [2.45, 2.75) is 0 Å². The Morgan fingerprint density at radius 3 is 2.54 bits per heavy atom. The van der Waals surface area contributed by atoms with Crippen LogP contribution < -0.4 is 10.1 Å². The van der Waals surface area contributed by atoms with Crippen molar-refractivity contribution in [3.63, 3.8) is 0 Å². The fraction of sp³-hybridized carbons (Fsp3) is 0.0556. The van der Waals surface area contributed by atoms with Gasteiger partial charge in [-0.2, -0.15) is 5.26 Å². The molecule has 9 nitrogen and oxygen atoms in total. The molecule has 0 aliphatic carbocycles. The Morgan fingerprint density at radius 2 is 1.96 bits per heavy atom. The second kappa shape index (κ2) is 9.16. The zero-order valence-corrected chi connectivity index (χ0v) is 14.8. The number of nitro benzene ring substituents is 1. The fourth-order valence-corrected chi connectivity index (χ4v) is 2.24. The van der Waals surface area contributed by atoms with E-state index in [1.54, 1.807) is 6.07 Å². The average Bonchev–Trinajstić information content (AvgIpc) is 2.66. The summed E-state index contributed by atoms with van der Waals surface area (Å²) in [6.07, 6.45) is 1.31. The van der Waals surface area contributed by atoms with E-state index in [2.05, 4.69) is 5.32 Å². The maximum Gasteiger partial charge on any atom is 0.341 e. The van der Waals surface area contributed by atoms with Crippen molar-refractivity contribution in [3.05, 3.63) is 68.7 Å². The number of anilines is 1. The lowest BCUT2D eigenvalue weighted by molar-refractivity contribution is -0.384. The molecule has 0 spiro atoms. The molecule has 2 aromatic carbocycles. The lowest BCUT2D eigenvalue weighted by Crippen LogP contribution is -2.13. The molecule has 0 aliphatic rings. The number of carboxylic acid groups (broad SMARTS) is 1. The van der Waals surface area contributed by atoms with Crippen molar-refractivity contribution in [2.75, 3.05) is 11.9 Å². The number of nitro groups is 1. The van der Waals surface area contributed by atoms with Crippen LogP contribution in [0.4, 0.5) is 11.4 Å². The number of carbonyl (C=O) groups is 2. The summed E-state index contributed by atoms with van der Waals surface area (Å²) in [5.41, 5.74) is -0.00755. The van der Waals surface area contributed by atoms with Crippen molar-refractivity contribution in [3.8, 4) is 11.8 Å². The van der Waals surface area contributed by atoms with Crippen LogP contribution in [0.3, 0.4) is 0 Å². The van der Waals surface area contributed by atoms with Crippen LogP contribution in [-0.2, 0) is 9.59 Å². The lowest BCUT2D eigenvalue weighted by atomic mass is 10.1. The normalized spacial score (nSPS) is 10.6. The van der Waals surface area contributed by atoms with E-state index in [0.717, 1.165) is 6.07 Å². The molecule has 0 bridgehead atoms. The van der Waals surface area contributed by atoms with Gasteiger partial charge in [0.15, 0.2) is 6.61 Å². The number of nitrogens with zero attached hydrogens (tertiary/aromatic N) is 2. The van der Waals surface area contributed by atoms with Crippen molar-refractivity contribution in [2.24, 2.45) is 0 Å². The van der Waals surface area contributed by atoms with E-state index in [1.165, 1.54) is 42.5 Å². The summed E-state index contributed by atoms with van der Waals surface area (Å²) in [7, 11) is 0. The molecule has 0 saturated carbocycles. The highest BCUT2D eigenvalue weighted by Crippen LogP contribution is 2.27. The summed E-state index contributed by atoms with van der Waals surface area (Å²) in [4.78, 5) is 32.9. The quantitative estimate of drug-likeness (QED) is 0.313. The van der Waals surface area contributed by atoms with Crippen LogP contribution in [-0.4, -0.2) is 28.5 Å². The molecule has 0 aliphatic heterocycles. The molecule has 0 atom stereocenters. The summed E-state index contributed by atoms with van der Waals surface area (Å²) in [6.45, 7) is -0.492. The molecule has 2 aromatic rings. The van der Waals surface area contributed by atoms with Crippen LogP contribution in [0, 0.1) is 21.4 Å². The van der Waals surface area contributed by atoms with Gasteiger partial charge in [0.1, 0.15) is 22.4 Å². The zero-order chi connectivity index (χ0) is 20.7. The first-order valence-corrected chi connectivity index (χ1v) is 7.99. The Kier molecular flexibility index (Phi) is 6.68. The number of nitriles is 1. The molecule has 0 aromatic heterocycles. The Hall–Kier alpha value is -3.90. The van der Waals surface area contributed by atoms with E-state index < -0.39 is 23.4 Å². The van der Waals surface area contributed by atoms with Gasteiger partial charge in [0.25, 0.3) is 11.6 Å². The first-order valence-electron chi connectivity index (χ1n) is 7.62. The van der Waals surface area contributed by atoms with Gasteiger partial charge in [-0.1, -0.05) is 23.7 Å². The van der Waals surface area contributed by atoms with E-state index in [1.807, 2.05) is 0 Å². The molecule has 0 saturated heterocycles. The van der Waals surface area contributed by atoms with Gasteiger partial charge < -0.3 is 15.2 Å². The number of rotatable bonds is 7. The number of nitrogens with one attached hydrogen (secondary N) is 1. The summed E-state index contributed by atoms with van der Waals surface area (Å²) >= 11 is 5.72. The second-order valence-corrected chi connectivity index (χ2v) is 5.71. The van der Waals surface area contributed by atoms with Gasteiger partial charge >= 0.3 is 5.97 Å². The summed E-state index contributed by atoms with van der Waals surface area (Å²) < 4.78 is 4.99. The molecular weight excluding hydrogens is 390 g/mol. The van der Waals surface area contributed by atoms with Crippen LogP contribution in [0.15, 0.2) is 48.0 Å². The third-order valence-corrected chi connectivity index (χ3v) is 3.64. The van der Waals surface area contributed by atoms with E-state index in [0.29, 0.717) is 11.3 Å². The van der Waals surface area contributed by atoms with Crippen LogP contribution >= 0.6 is 11.6 Å². The summed E-state index contributed by atoms with van der Waals surface area (Å²) in [5.74, 6) is -1.56. The molecule has 0 unspecified atom stereocenters. The highest BCUT2D eigenvalue weighted by molar-refractivity contribution is 6.32. The smallest absolute Gasteiger partial charge is 0.341 e. The van der Waals surface area contributed by atoms with Crippen molar-refractivity contribution in [1.29, 1.82) is 5.26 Å². The molecule has 0 fully saturated rings. The number of carboxylic acids is 1. The third-order valence-electron chi connectivity index (χ3n) is 3.32. The predicted octanol–water partition coefficient (Wildman–Crippen LogP) is 3.26. The number of ether oxygens (including phenoxy) is 1. The van der Waals surface area contributed by atoms with Gasteiger partial charge in [0, 0.05) is 11.8 Å². The zero-order valence-electron chi connectivity index (χ0n) is 14.1. The van der Waals surface area contributed by atoms with Crippen LogP contribution in [0.25, 0.3) is 6.08 Å². The van der Waals surface area contributed by atoms with E-state index in [4.69, 9.17) is 21.4 Å². The van der Waals surface area contributed by atoms with Crippen LogP contribution in [0.5, 0.6) is 5.75 Å². The highest BCUT2D eigenvalue weighted by atomic mass is 35.5. The lowest BCUT2D eigenvalue weighted by Gasteiger charge is -2.06. The molecule has 142 valence electrons. The van der Waals surface area contributed by atoms with E-state index in [9.17, 15) is 25.0 Å². The maximum atomic E-state index is 12.3. The van der Waals surface area contributed by atoms with Gasteiger partial charge in [0.05, 0.1) is 4.92 Å². The Balaban J connectivity index is 2.15. The minimum absolute atomic E-state index is 0.0794. The summed E-state index contributed by atoms with van der Waals surface area (Å²) in [6, 6.07) is 11.5. The van der Waals surface area contributed by atoms with Gasteiger partial charge in [-0.15, -0.1) is 0 Å². The second-order valence-electron chi connectivity index (χ2n) is 5.30. The third kappa shape index (κ3) is 5.55. The topological polar surface area (TPSA) is 143 Å². The number of amides is 1. The fourth-order valence-electron chi connectivity index (χ4n) is 2.05. The molecule has 0 heterocycles. The van der Waals surface area contributed by atoms with Crippen LogP contribution in [0.2, 0.25) is 5.02 Å². The molecule has 2 N–H and O–H groups in total. The first-order chi connectivity index (χ1) is 13.3. The number of benzene rings is 2. The minimum Gasteiger partial charge on any atom is -0.482 e. The Labute approximate surface area is 163 Å². The first kappa shape index (κ1) is 20.4. The number of carbonyl (C=O) groups excluding carboxylic acids is 1. The highest BCUT2D eigenvalue weighted by Gasteiger charge is 2.15. The number of halogens is 1. The number of aliphatic carboxylic acids is 1. The largest absolute Gasteiger partial charge is 0.482 e. The maximum absolute atomic E-state index is 12.3. The monoisotopic (exact) mass is 401 g/mol. The average molecular weight is 402 g/mol. The Bertz CT molecular complexity index is 995. The number of hydrogen-bond donors (Lipinski definition) is 2. The van der Waals surface area contributed by atoms with Gasteiger partial charge in [-0.25, -0.2) is 4.79 Å². The molecule has 2 rings (SSSR count). The van der Waals surface area contributed by atoms with Gasteiger partial charge in [-0.3, -0.25) is 14.9 Å². The van der Waals surface area contributed by atoms with Crippen LogP contribution in [0.1, 0.15) is 5.56 Å². The van der Waals surface area contributed by atoms with Crippen molar-refractivity contribution >= 4 is 40.9 Å². The Morgan fingerprint density at radius 1 is 1.29 bits per heavy atom. The van der Waals surface area contributed by atoms with E-state index in [-0.39, 0.29) is 22.0 Å². The van der Waals surface area contributed by atoms with Crippen molar-refractivity contribution < 1.29 is 24.4 Å².